The van der Waals surface area contributed by atoms with E-state index in [0.29, 0.717) is 17.9 Å². The summed E-state index contributed by atoms with van der Waals surface area (Å²) in [6, 6.07) is 9.44. The second-order valence-electron chi connectivity index (χ2n) is 3.15. The Labute approximate surface area is 86.7 Å². The van der Waals surface area contributed by atoms with Crippen LogP contribution in [0.1, 0.15) is 11.1 Å². The molecule has 0 unspecified atom stereocenters. The first-order valence-corrected chi connectivity index (χ1v) is 4.42. The lowest BCUT2D eigenvalue weighted by Crippen LogP contribution is -2.00. The second kappa shape index (κ2) is 3.80. The lowest BCUT2D eigenvalue weighted by molar-refractivity contribution is 0.649. The minimum atomic E-state index is 0.395. The van der Waals surface area contributed by atoms with Gasteiger partial charge in [-0.1, -0.05) is 17.3 Å². The highest BCUT2D eigenvalue weighted by molar-refractivity contribution is 5.33. The van der Waals surface area contributed by atoms with Crippen molar-refractivity contribution in [1.29, 1.82) is 5.26 Å². The zero-order valence-corrected chi connectivity index (χ0v) is 7.96. The van der Waals surface area contributed by atoms with Crippen LogP contribution in [0.5, 0.6) is 0 Å². The Balaban J connectivity index is 2.21. The molecule has 1 aromatic carbocycles. The largest absolute Gasteiger partial charge is 0.381 e. The molecule has 0 aliphatic heterocycles. The number of nitrogens with zero attached hydrogens (tertiary/aromatic N) is 4. The van der Waals surface area contributed by atoms with Gasteiger partial charge in [0, 0.05) is 0 Å². The van der Waals surface area contributed by atoms with Crippen LogP contribution >= 0.6 is 0 Å². The van der Waals surface area contributed by atoms with E-state index >= 15 is 0 Å². The van der Waals surface area contributed by atoms with Gasteiger partial charge in [0.2, 0.25) is 0 Å². The van der Waals surface area contributed by atoms with E-state index in [-0.39, 0.29) is 0 Å². The molecular weight excluding hydrogens is 190 g/mol. The van der Waals surface area contributed by atoms with Gasteiger partial charge in [-0.05, 0) is 17.7 Å². The number of nitrogens with two attached hydrogens (primary N) is 1. The van der Waals surface area contributed by atoms with Crippen LogP contribution in [0.3, 0.4) is 0 Å². The van der Waals surface area contributed by atoms with Crippen molar-refractivity contribution in [2.75, 3.05) is 5.73 Å². The topological polar surface area (TPSA) is 80.5 Å². The van der Waals surface area contributed by atoms with Crippen LogP contribution in [-0.4, -0.2) is 15.0 Å². The minimum absolute atomic E-state index is 0.395. The van der Waals surface area contributed by atoms with Crippen LogP contribution in [0.25, 0.3) is 0 Å². The molecule has 74 valence electrons. The van der Waals surface area contributed by atoms with Gasteiger partial charge in [0.1, 0.15) is 0 Å². The van der Waals surface area contributed by atoms with Gasteiger partial charge in [0.25, 0.3) is 0 Å². The number of nitrogen functional groups attached to an aromatic ring is 1. The Kier molecular flexibility index (Phi) is 2.33. The molecule has 5 heteroatoms. The van der Waals surface area contributed by atoms with Gasteiger partial charge in [-0.2, -0.15) is 5.26 Å². The molecule has 0 saturated carbocycles. The third-order valence-corrected chi connectivity index (χ3v) is 1.96. The van der Waals surface area contributed by atoms with E-state index in [1.807, 2.05) is 18.2 Å². The molecular formula is C10H9N5. The standard InChI is InChI=1S/C10H9N5/c11-5-8-2-1-3-9(4-8)6-15-7-10(12)13-14-15/h1-4,7H,6,12H2. The summed E-state index contributed by atoms with van der Waals surface area (Å²) in [5.74, 6) is 0.395. The van der Waals surface area contributed by atoms with Gasteiger partial charge in [0.05, 0.1) is 24.4 Å². The summed E-state index contributed by atoms with van der Waals surface area (Å²) in [5, 5.41) is 16.2. The van der Waals surface area contributed by atoms with E-state index < -0.39 is 0 Å². The minimum Gasteiger partial charge on any atom is -0.381 e. The van der Waals surface area contributed by atoms with E-state index in [1.54, 1.807) is 16.9 Å². The predicted molar refractivity (Wildman–Crippen MR) is 54.7 cm³/mol. The third kappa shape index (κ3) is 2.11. The van der Waals surface area contributed by atoms with Crippen molar-refractivity contribution in [1.82, 2.24) is 15.0 Å². The molecule has 0 spiro atoms. The lowest BCUT2D eigenvalue weighted by Gasteiger charge is -2.00. The van der Waals surface area contributed by atoms with Crippen molar-refractivity contribution in [3.63, 3.8) is 0 Å². The van der Waals surface area contributed by atoms with Crippen LogP contribution in [0, 0.1) is 11.3 Å². The lowest BCUT2D eigenvalue weighted by atomic mass is 10.1. The van der Waals surface area contributed by atoms with Gasteiger partial charge < -0.3 is 5.73 Å². The second-order valence-corrected chi connectivity index (χ2v) is 3.15. The van der Waals surface area contributed by atoms with Gasteiger partial charge >= 0.3 is 0 Å². The third-order valence-electron chi connectivity index (χ3n) is 1.96. The normalized spacial score (nSPS) is 9.80. The first kappa shape index (κ1) is 9.21. The number of hydrogen-bond acceptors (Lipinski definition) is 4. The molecule has 0 radical (unpaired) electrons. The van der Waals surface area contributed by atoms with Crippen LogP contribution in [0.4, 0.5) is 5.82 Å². The molecule has 2 aromatic rings. The Morgan fingerprint density at radius 2 is 2.33 bits per heavy atom. The Morgan fingerprint density at radius 3 is 3.00 bits per heavy atom. The van der Waals surface area contributed by atoms with Crippen molar-refractivity contribution in [2.45, 2.75) is 6.54 Å². The molecule has 0 aliphatic rings. The monoisotopic (exact) mass is 199 g/mol. The molecule has 15 heavy (non-hydrogen) atoms. The molecule has 0 atom stereocenters. The molecule has 0 fully saturated rings. The fourth-order valence-electron chi connectivity index (χ4n) is 1.32. The molecule has 1 heterocycles. The summed E-state index contributed by atoms with van der Waals surface area (Å²) in [4.78, 5) is 0. The van der Waals surface area contributed by atoms with E-state index in [0.717, 1.165) is 5.56 Å². The van der Waals surface area contributed by atoms with E-state index in [1.165, 1.54) is 0 Å². The van der Waals surface area contributed by atoms with Crippen LogP contribution < -0.4 is 5.73 Å². The number of nitriles is 1. The predicted octanol–water partition coefficient (Wildman–Crippen LogP) is 0.780. The van der Waals surface area contributed by atoms with Crippen molar-refractivity contribution in [3.8, 4) is 6.07 Å². The van der Waals surface area contributed by atoms with E-state index in [2.05, 4.69) is 16.4 Å². The first-order chi connectivity index (χ1) is 7.28. The molecule has 1 aromatic heterocycles. The van der Waals surface area contributed by atoms with Gasteiger partial charge in [-0.3, -0.25) is 0 Å². The maximum atomic E-state index is 8.73. The zero-order chi connectivity index (χ0) is 10.7. The maximum absolute atomic E-state index is 8.73. The smallest absolute Gasteiger partial charge is 0.165 e. The highest BCUT2D eigenvalue weighted by atomic mass is 15.4. The summed E-state index contributed by atoms with van der Waals surface area (Å²) < 4.78 is 1.63. The number of hydrogen-bond donors (Lipinski definition) is 1. The quantitative estimate of drug-likeness (QED) is 0.775. The number of aromatic nitrogens is 3. The SMILES string of the molecule is N#Cc1cccc(Cn2cc(N)nn2)c1. The zero-order valence-electron chi connectivity index (χ0n) is 7.96. The summed E-state index contributed by atoms with van der Waals surface area (Å²) in [6.07, 6.45) is 1.65. The fraction of sp³-hybridized carbons (Fsp3) is 0.100. The fourth-order valence-corrected chi connectivity index (χ4v) is 1.32. The number of rotatable bonds is 2. The molecule has 0 amide bonds. The summed E-state index contributed by atoms with van der Waals surface area (Å²) >= 11 is 0. The number of benzene rings is 1. The Morgan fingerprint density at radius 1 is 1.47 bits per heavy atom. The van der Waals surface area contributed by atoms with E-state index in [4.69, 9.17) is 11.0 Å². The average Bonchev–Trinajstić information content (AvgIpc) is 2.64. The van der Waals surface area contributed by atoms with Crippen LogP contribution in [0.15, 0.2) is 30.5 Å². The summed E-state index contributed by atoms with van der Waals surface area (Å²) in [5.41, 5.74) is 7.08. The molecule has 0 aliphatic carbocycles. The van der Waals surface area contributed by atoms with Crippen molar-refractivity contribution in [2.24, 2.45) is 0 Å². The van der Waals surface area contributed by atoms with Crippen molar-refractivity contribution < 1.29 is 0 Å². The van der Waals surface area contributed by atoms with Crippen LogP contribution in [0.2, 0.25) is 0 Å². The van der Waals surface area contributed by atoms with Crippen LogP contribution in [-0.2, 0) is 6.54 Å². The summed E-state index contributed by atoms with van der Waals surface area (Å²) in [7, 11) is 0. The highest BCUT2D eigenvalue weighted by Crippen LogP contribution is 2.06. The molecule has 2 N–H and O–H groups in total. The van der Waals surface area contributed by atoms with Gasteiger partial charge in [-0.25, -0.2) is 4.68 Å². The molecule has 5 nitrogen and oxygen atoms in total. The average molecular weight is 199 g/mol. The van der Waals surface area contributed by atoms with Gasteiger partial charge in [0.15, 0.2) is 5.82 Å². The van der Waals surface area contributed by atoms with E-state index in [9.17, 15) is 0 Å². The van der Waals surface area contributed by atoms with Crippen molar-refractivity contribution >= 4 is 5.82 Å². The summed E-state index contributed by atoms with van der Waals surface area (Å²) in [6.45, 7) is 0.569. The molecule has 2 rings (SSSR count). The Bertz CT molecular complexity index is 509. The maximum Gasteiger partial charge on any atom is 0.165 e. The Hall–Kier alpha value is -2.35. The first-order valence-electron chi connectivity index (χ1n) is 4.42. The number of anilines is 1. The molecule has 0 saturated heterocycles. The van der Waals surface area contributed by atoms with Gasteiger partial charge in [-0.15, -0.1) is 5.10 Å². The highest BCUT2D eigenvalue weighted by Gasteiger charge is 1.99. The van der Waals surface area contributed by atoms with Crippen molar-refractivity contribution in [3.05, 3.63) is 41.6 Å². The molecule has 0 bridgehead atoms.